The van der Waals surface area contributed by atoms with E-state index in [1.807, 2.05) is 0 Å². The minimum absolute atomic E-state index is 0.261. The molecule has 1 rings (SSSR count). The lowest BCUT2D eigenvalue weighted by atomic mass is 10.1. The van der Waals surface area contributed by atoms with Crippen molar-refractivity contribution >= 4 is 11.6 Å². The number of furan rings is 1. The van der Waals surface area contributed by atoms with Gasteiger partial charge in [-0.2, -0.15) is 0 Å². The summed E-state index contributed by atoms with van der Waals surface area (Å²) in [4.78, 5) is 0. The largest absolute Gasteiger partial charge is 0.453 e. The van der Waals surface area contributed by atoms with Gasteiger partial charge in [0.15, 0.2) is 5.22 Å². The Balaban J connectivity index is 2.52. The van der Waals surface area contributed by atoms with E-state index in [4.69, 9.17) is 16.0 Å². The van der Waals surface area contributed by atoms with Gasteiger partial charge in [-0.15, -0.1) is 11.8 Å². The first kappa shape index (κ1) is 10.2. The van der Waals surface area contributed by atoms with E-state index in [-0.39, 0.29) is 5.22 Å². The van der Waals surface area contributed by atoms with Crippen LogP contribution >= 0.6 is 11.6 Å². The van der Waals surface area contributed by atoms with Crippen molar-refractivity contribution in [1.82, 2.24) is 0 Å². The Morgan fingerprint density at radius 1 is 1.69 bits per heavy atom. The van der Waals surface area contributed by atoms with Crippen molar-refractivity contribution in [3.05, 3.63) is 23.1 Å². The number of hydrogen-bond donors (Lipinski definition) is 1. The van der Waals surface area contributed by atoms with Gasteiger partial charge in [0.2, 0.25) is 0 Å². The van der Waals surface area contributed by atoms with Crippen molar-refractivity contribution in [2.75, 3.05) is 0 Å². The van der Waals surface area contributed by atoms with Crippen molar-refractivity contribution in [2.24, 2.45) is 0 Å². The first-order chi connectivity index (χ1) is 6.25. The van der Waals surface area contributed by atoms with Gasteiger partial charge in [-0.3, -0.25) is 0 Å². The van der Waals surface area contributed by atoms with Gasteiger partial charge < -0.3 is 9.52 Å². The highest BCUT2D eigenvalue weighted by molar-refractivity contribution is 6.29. The van der Waals surface area contributed by atoms with Crippen LogP contribution in [-0.2, 0) is 0 Å². The van der Waals surface area contributed by atoms with Crippen LogP contribution in [0.3, 0.4) is 0 Å². The third-order valence-corrected chi connectivity index (χ3v) is 2.03. The van der Waals surface area contributed by atoms with Gasteiger partial charge in [-0.25, -0.2) is 0 Å². The molecule has 0 radical (unpaired) electrons. The number of hydrogen-bond acceptors (Lipinski definition) is 2. The fourth-order valence-corrected chi connectivity index (χ4v) is 1.27. The molecule has 1 unspecified atom stereocenters. The summed E-state index contributed by atoms with van der Waals surface area (Å²) in [5.74, 6) is 5.64. The number of rotatable bonds is 3. The summed E-state index contributed by atoms with van der Waals surface area (Å²) in [5.41, 5.74) is 0.638. The van der Waals surface area contributed by atoms with Gasteiger partial charge in [0, 0.05) is 12.0 Å². The highest BCUT2D eigenvalue weighted by Crippen LogP contribution is 2.26. The Labute approximate surface area is 82.5 Å². The van der Waals surface area contributed by atoms with Crippen LogP contribution in [0, 0.1) is 11.8 Å². The molecule has 0 aliphatic rings. The van der Waals surface area contributed by atoms with Crippen molar-refractivity contribution in [1.29, 1.82) is 0 Å². The Kier molecular flexibility index (Phi) is 3.88. The van der Waals surface area contributed by atoms with Crippen molar-refractivity contribution in [3.63, 3.8) is 0 Å². The molecule has 0 bridgehead atoms. The Morgan fingerprint density at radius 2 is 2.46 bits per heavy atom. The summed E-state index contributed by atoms with van der Waals surface area (Å²) in [6, 6.07) is 1.67. The SMILES string of the molecule is CC#CCCC(O)c1ccoc1Cl. The molecule has 0 spiro atoms. The summed E-state index contributed by atoms with van der Waals surface area (Å²) in [6.45, 7) is 1.78. The van der Waals surface area contributed by atoms with Crippen LogP contribution < -0.4 is 0 Å². The maximum atomic E-state index is 9.60. The maximum absolute atomic E-state index is 9.60. The number of halogens is 1. The molecule has 1 heterocycles. The molecule has 1 aromatic heterocycles. The van der Waals surface area contributed by atoms with Crippen LogP contribution in [0.25, 0.3) is 0 Å². The minimum Gasteiger partial charge on any atom is -0.453 e. The van der Waals surface area contributed by atoms with Crippen LogP contribution in [0.1, 0.15) is 31.4 Å². The molecule has 0 saturated heterocycles. The van der Waals surface area contributed by atoms with E-state index < -0.39 is 6.10 Å². The van der Waals surface area contributed by atoms with Crippen LogP contribution in [-0.4, -0.2) is 5.11 Å². The van der Waals surface area contributed by atoms with Gasteiger partial charge in [0.25, 0.3) is 0 Å². The van der Waals surface area contributed by atoms with E-state index in [0.717, 1.165) is 0 Å². The zero-order valence-electron chi connectivity index (χ0n) is 7.38. The second-order valence-corrected chi connectivity index (χ2v) is 2.97. The minimum atomic E-state index is -0.577. The quantitative estimate of drug-likeness (QED) is 0.758. The van der Waals surface area contributed by atoms with Crippen molar-refractivity contribution < 1.29 is 9.52 Å². The van der Waals surface area contributed by atoms with E-state index in [1.165, 1.54) is 6.26 Å². The first-order valence-corrected chi connectivity index (χ1v) is 4.44. The average Bonchev–Trinajstić information content (AvgIpc) is 2.52. The fourth-order valence-electron chi connectivity index (χ4n) is 1.03. The van der Waals surface area contributed by atoms with Crippen LogP contribution in [0.15, 0.2) is 16.7 Å². The molecule has 1 N–H and O–H groups in total. The Morgan fingerprint density at radius 3 is 3.00 bits per heavy atom. The van der Waals surface area contributed by atoms with Gasteiger partial charge in [0.1, 0.15) is 0 Å². The van der Waals surface area contributed by atoms with E-state index >= 15 is 0 Å². The highest BCUT2D eigenvalue weighted by Gasteiger charge is 2.12. The van der Waals surface area contributed by atoms with Crippen molar-refractivity contribution in [2.45, 2.75) is 25.9 Å². The summed E-state index contributed by atoms with van der Waals surface area (Å²) in [5, 5.41) is 9.87. The molecule has 13 heavy (non-hydrogen) atoms. The van der Waals surface area contributed by atoms with Gasteiger partial charge in [0.05, 0.1) is 12.4 Å². The molecular weight excluding hydrogens is 188 g/mol. The summed E-state index contributed by atoms with van der Waals surface area (Å²) in [7, 11) is 0. The van der Waals surface area contributed by atoms with E-state index in [1.54, 1.807) is 13.0 Å². The lowest BCUT2D eigenvalue weighted by molar-refractivity contribution is 0.168. The molecule has 0 amide bonds. The predicted molar refractivity (Wildman–Crippen MR) is 51.4 cm³/mol. The number of aliphatic hydroxyl groups excluding tert-OH is 1. The van der Waals surface area contributed by atoms with Crippen LogP contribution in [0.2, 0.25) is 5.22 Å². The standard InChI is InChI=1S/C10H11ClO2/c1-2-3-4-5-9(12)8-6-7-13-10(8)11/h6-7,9,12H,4-5H2,1H3. The normalized spacial score (nSPS) is 11.9. The van der Waals surface area contributed by atoms with Gasteiger partial charge in [-0.1, -0.05) is 0 Å². The van der Waals surface area contributed by atoms with Crippen molar-refractivity contribution in [3.8, 4) is 11.8 Å². The van der Waals surface area contributed by atoms with E-state index in [2.05, 4.69) is 11.8 Å². The molecule has 1 atom stereocenters. The molecule has 2 nitrogen and oxygen atoms in total. The zero-order valence-corrected chi connectivity index (χ0v) is 8.14. The molecular formula is C10H11ClO2. The van der Waals surface area contributed by atoms with Gasteiger partial charge >= 0.3 is 0 Å². The van der Waals surface area contributed by atoms with Crippen LogP contribution in [0.4, 0.5) is 0 Å². The molecule has 3 heteroatoms. The average molecular weight is 199 g/mol. The first-order valence-electron chi connectivity index (χ1n) is 4.06. The highest BCUT2D eigenvalue weighted by atomic mass is 35.5. The predicted octanol–water partition coefficient (Wildman–Crippen LogP) is 2.77. The molecule has 70 valence electrons. The second kappa shape index (κ2) is 4.96. The Bertz CT molecular complexity index is 319. The molecule has 0 aromatic carbocycles. The molecule has 0 aliphatic heterocycles. The Hall–Kier alpha value is -0.910. The van der Waals surface area contributed by atoms with Gasteiger partial charge in [-0.05, 0) is 31.0 Å². The second-order valence-electron chi connectivity index (χ2n) is 2.63. The molecule has 0 aliphatic carbocycles. The van der Waals surface area contributed by atoms with E-state index in [9.17, 15) is 5.11 Å². The van der Waals surface area contributed by atoms with Crippen LogP contribution in [0.5, 0.6) is 0 Å². The molecule has 0 saturated carbocycles. The lowest BCUT2D eigenvalue weighted by Crippen LogP contribution is -1.95. The monoisotopic (exact) mass is 198 g/mol. The number of aliphatic hydroxyl groups is 1. The summed E-state index contributed by atoms with van der Waals surface area (Å²) in [6.07, 6.45) is 2.14. The molecule has 0 fully saturated rings. The lowest BCUT2D eigenvalue weighted by Gasteiger charge is -2.05. The summed E-state index contributed by atoms with van der Waals surface area (Å²) < 4.78 is 4.86. The molecule has 1 aromatic rings. The fraction of sp³-hybridized carbons (Fsp3) is 0.400. The van der Waals surface area contributed by atoms with E-state index in [0.29, 0.717) is 18.4 Å². The summed E-state index contributed by atoms with van der Waals surface area (Å²) >= 11 is 5.68. The topological polar surface area (TPSA) is 33.4 Å². The maximum Gasteiger partial charge on any atom is 0.198 e. The zero-order chi connectivity index (χ0) is 9.68. The smallest absolute Gasteiger partial charge is 0.198 e. The third-order valence-electron chi connectivity index (χ3n) is 1.72. The third kappa shape index (κ3) is 2.80.